The molecule has 3 aliphatic heterocycles. The van der Waals surface area contributed by atoms with Crippen molar-refractivity contribution >= 4 is 17.8 Å². The van der Waals surface area contributed by atoms with E-state index >= 15 is 0 Å². The van der Waals surface area contributed by atoms with Gasteiger partial charge in [-0.2, -0.15) is 0 Å². The van der Waals surface area contributed by atoms with E-state index in [1.807, 2.05) is 36.4 Å². The van der Waals surface area contributed by atoms with Crippen LogP contribution in [-0.4, -0.2) is 41.9 Å². The van der Waals surface area contributed by atoms with E-state index in [1.54, 1.807) is 6.92 Å². The molecular formula is C19H20N2O4. The van der Waals surface area contributed by atoms with Gasteiger partial charge in [-0.3, -0.25) is 19.8 Å². The number of hydrogen-bond acceptors (Lipinski definition) is 5. The lowest BCUT2D eigenvalue weighted by molar-refractivity contribution is -0.142. The Labute approximate surface area is 145 Å². The Hall–Kier alpha value is -2.47. The van der Waals surface area contributed by atoms with Gasteiger partial charge in [-0.05, 0) is 12.5 Å². The van der Waals surface area contributed by atoms with Crippen LogP contribution in [0.15, 0.2) is 42.0 Å². The topological polar surface area (TPSA) is 75.7 Å². The van der Waals surface area contributed by atoms with Gasteiger partial charge in [0, 0.05) is 19.0 Å². The summed E-state index contributed by atoms with van der Waals surface area (Å²) in [6.07, 6.45) is 1.85. The Morgan fingerprint density at radius 2 is 1.92 bits per heavy atom. The molecule has 4 atom stereocenters. The molecule has 3 heterocycles. The Morgan fingerprint density at radius 3 is 2.64 bits per heavy atom. The van der Waals surface area contributed by atoms with Crippen molar-refractivity contribution in [2.24, 2.45) is 17.8 Å². The maximum Gasteiger partial charge on any atom is 0.335 e. The second kappa shape index (κ2) is 6.11. The van der Waals surface area contributed by atoms with E-state index in [0.29, 0.717) is 18.7 Å². The molecule has 0 saturated carbocycles. The van der Waals surface area contributed by atoms with Gasteiger partial charge < -0.3 is 4.74 Å². The largest absolute Gasteiger partial charge is 0.463 e. The highest BCUT2D eigenvalue weighted by atomic mass is 16.5. The van der Waals surface area contributed by atoms with E-state index in [1.165, 1.54) is 0 Å². The summed E-state index contributed by atoms with van der Waals surface area (Å²) in [6, 6.07) is 9.51. The third-order valence-corrected chi connectivity index (χ3v) is 5.33. The van der Waals surface area contributed by atoms with Gasteiger partial charge in [0.1, 0.15) is 0 Å². The summed E-state index contributed by atoms with van der Waals surface area (Å²) in [5.74, 6) is -1.92. The number of imide groups is 1. The Balaban J connectivity index is 1.70. The van der Waals surface area contributed by atoms with Crippen LogP contribution in [0.1, 0.15) is 12.5 Å². The molecule has 1 aromatic rings. The van der Waals surface area contributed by atoms with Crippen molar-refractivity contribution in [2.45, 2.75) is 19.5 Å². The molecule has 0 spiro atoms. The predicted octanol–water partition coefficient (Wildman–Crippen LogP) is 0.879. The molecule has 1 aliphatic carbocycles. The average Bonchev–Trinajstić information content (AvgIpc) is 2.92. The highest BCUT2D eigenvalue weighted by molar-refractivity contribution is 6.07. The quantitative estimate of drug-likeness (QED) is 0.650. The zero-order chi connectivity index (χ0) is 17.6. The fourth-order valence-electron chi connectivity index (χ4n) is 4.40. The minimum Gasteiger partial charge on any atom is -0.463 e. The first kappa shape index (κ1) is 16.0. The second-order valence-corrected chi connectivity index (χ2v) is 6.77. The molecule has 25 heavy (non-hydrogen) atoms. The first-order valence-corrected chi connectivity index (χ1v) is 8.61. The number of benzene rings is 1. The lowest BCUT2D eigenvalue weighted by Crippen LogP contribution is -2.58. The lowest BCUT2D eigenvalue weighted by Gasteiger charge is -2.48. The summed E-state index contributed by atoms with van der Waals surface area (Å²) >= 11 is 0. The van der Waals surface area contributed by atoms with Crippen LogP contribution in [-0.2, 0) is 25.7 Å². The van der Waals surface area contributed by atoms with Gasteiger partial charge in [0.15, 0.2) is 0 Å². The number of nitrogens with one attached hydrogen (secondary N) is 1. The standard InChI is InChI=1S/C19H20N2O4/c1-2-25-19(24)13-8-12-10-21(9-11-6-4-3-5-7-11)16(13)15-14(12)17(22)20-18(15)23/h3-8,12,14-16H,2,9-10H2,1H3,(H,20,22,23). The van der Waals surface area contributed by atoms with Gasteiger partial charge in [0.25, 0.3) is 0 Å². The second-order valence-electron chi connectivity index (χ2n) is 6.77. The molecule has 2 saturated heterocycles. The van der Waals surface area contributed by atoms with Crippen molar-refractivity contribution in [1.82, 2.24) is 10.2 Å². The molecule has 4 unspecified atom stereocenters. The number of amides is 2. The fraction of sp³-hybridized carbons (Fsp3) is 0.421. The number of hydrogen-bond donors (Lipinski definition) is 1. The zero-order valence-corrected chi connectivity index (χ0v) is 14.0. The molecule has 0 radical (unpaired) electrons. The fourth-order valence-corrected chi connectivity index (χ4v) is 4.40. The van der Waals surface area contributed by atoms with Crippen LogP contribution in [0.5, 0.6) is 0 Å². The van der Waals surface area contributed by atoms with Crippen molar-refractivity contribution < 1.29 is 19.1 Å². The third kappa shape index (κ3) is 2.57. The lowest BCUT2D eigenvalue weighted by atomic mass is 9.67. The molecule has 2 bridgehead atoms. The van der Waals surface area contributed by atoms with Crippen LogP contribution in [0.3, 0.4) is 0 Å². The third-order valence-electron chi connectivity index (χ3n) is 5.33. The number of carbonyl (C=O) groups is 3. The maximum atomic E-state index is 12.4. The molecule has 1 aromatic carbocycles. The summed E-state index contributed by atoms with van der Waals surface area (Å²) < 4.78 is 5.19. The zero-order valence-electron chi connectivity index (χ0n) is 14.0. The monoisotopic (exact) mass is 340 g/mol. The van der Waals surface area contributed by atoms with Crippen LogP contribution < -0.4 is 5.32 Å². The first-order chi connectivity index (χ1) is 12.1. The highest BCUT2D eigenvalue weighted by Crippen LogP contribution is 2.46. The van der Waals surface area contributed by atoms with Gasteiger partial charge in [-0.15, -0.1) is 0 Å². The van der Waals surface area contributed by atoms with E-state index < -0.39 is 12.0 Å². The van der Waals surface area contributed by atoms with E-state index in [-0.39, 0.29) is 36.2 Å². The summed E-state index contributed by atoms with van der Waals surface area (Å²) in [5, 5.41) is 2.45. The Kier molecular flexibility index (Phi) is 3.92. The van der Waals surface area contributed by atoms with Crippen molar-refractivity contribution in [3.8, 4) is 0 Å². The van der Waals surface area contributed by atoms with Crippen LogP contribution in [0.4, 0.5) is 0 Å². The molecule has 130 valence electrons. The number of nitrogens with zero attached hydrogens (tertiary/aromatic N) is 1. The number of rotatable bonds is 4. The van der Waals surface area contributed by atoms with Crippen LogP contribution in [0.25, 0.3) is 0 Å². The number of carbonyl (C=O) groups excluding carboxylic acids is 3. The van der Waals surface area contributed by atoms with Gasteiger partial charge in [0.2, 0.25) is 11.8 Å². The number of piperidine rings is 1. The Bertz CT molecular complexity index is 758. The smallest absolute Gasteiger partial charge is 0.335 e. The molecule has 2 amide bonds. The average molecular weight is 340 g/mol. The van der Waals surface area contributed by atoms with Crippen molar-refractivity contribution in [3.63, 3.8) is 0 Å². The normalized spacial score (nSPS) is 30.7. The highest BCUT2D eigenvalue weighted by Gasteiger charge is 2.59. The summed E-state index contributed by atoms with van der Waals surface area (Å²) in [6.45, 7) is 3.33. The van der Waals surface area contributed by atoms with E-state index in [2.05, 4.69) is 10.2 Å². The molecule has 1 N–H and O–H groups in total. The molecule has 6 heteroatoms. The van der Waals surface area contributed by atoms with Crippen LogP contribution >= 0.6 is 0 Å². The van der Waals surface area contributed by atoms with Gasteiger partial charge in [0.05, 0.1) is 30.1 Å². The van der Waals surface area contributed by atoms with E-state index in [9.17, 15) is 14.4 Å². The van der Waals surface area contributed by atoms with Gasteiger partial charge in [-0.25, -0.2) is 4.79 Å². The van der Waals surface area contributed by atoms with Crippen molar-refractivity contribution in [2.75, 3.05) is 13.2 Å². The first-order valence-electron chi connectivity index (χ1n) is 8.61. The van der Waals surface area contributed by atoms with Crippen LogP contribution in [0, 0.1) is 17.8 Å². The minimum atomic E-state index is -0.514. The molecule has 4 aliphatic rings. The minimum absolute atomic E-state index is 0.149. The number of fused-ring (bicyclic) bond motifs is 1. The summed E-state index contributed by atoms with van der Waals surface area (Å²) in [7, 11) is 0. The van der Waals surface area contributed by atoms with Crippen molar-refractivity contribution in [1.29, 1.82) is 0 Å². The number of esters is 1. The molecular weight excluding hydrogens is 320 g/mol. The van der Waals surface area contributed by atoms with Crippen molar-refractivity contribution in [3.05, 3.63) is 47.5 Å². The predicted molar refractivity (Wildman–Crippen MR) is 89.0 cm³/mol. The number of ether oxygens (including phenoxy) is 1. The van der Waals surface area contributed by atoms with Gasteiger partial charge >= 0.3 is 5.97 Å². The van der Waals surface area contributed by atoms with E-state index in [4.69, 9.17) is 4.74 Å². The molecule has 5 rings (SSSR count). The Morgan fingerprint density at radius 1 is 1.20 bits per heavy atom. The molecule has 2 fully saturated rings. The SMILES string of the molecule is CCOC(=O)C1=CC2CN(Cc3ccccc3)C1C1C(=O)NC(=O)C21. The maximum absolute atomic E-state index is 12.4. The summed E-state index contributed by atoms with van der Waals surface area (Å²) in [5.41, 5.74) is 1.62. The summed E-state index contributed by atoms with van der Waals surface area (Å²) in [4.78, 5) is 39.1. The molecule has 6 nitrogen and oxygen atoms in total. The van der Waals surface area contributed by atoms with Gasteiger partial charge in [-0.1, -0.05) is 36.4 Å². The van der Waals surface area contributed by atoms with Crippen LogP contribution in [0.2, 0.25) is 0 Å². The molecule has 0 aromatic heterocycles. The van der Waals surface area contributed by atoms with E-state index in [0.717, 1.165) is 5.56 Å².